The van der Waals surface area contributed by atoms with Gasteiger partial charge in [-0.25, -0.2) is 14.4 Å². The normalized spacial score (nSPS) is 9.17. The topological polar surface area (TPSA) is 76.9 Å². The van der Waals surface area contributed by atoms with Crippen LogP contribution in [0.4, 0.5) is 0 Å². The first-order valence-electron chi connectivity index (χ1n) is 2.34. The molecule has 0 aromatic carbocycles. The molecule has 2 radical (unpaired) electrons. The third kappa shape index (κ3) is 2.14. The van der Waals surface area contributed by atoms with Gasteiger partial charge in [-0.3, -0.25) is 4.98 Å². The molecule has 62 valence electrons. The zero-order valence-electron chi connectivity index (χ0n) is 5.58. The molecule has 0 amide bonds. The van der Waals surface area contributed by atoms with Crippen LogP contribution in [0.5, 0.6) is 0 Å². The predicted molar refractivity (Wildman–Crippen MR) is 43.8 cm³/mol. The van der Waals surface area contributed by atoms with E-state index in [2.05, 4.69) is 0 Å². The Morgan fingerprint density at radius 2 is 1.33 bits per heavy atom. The Bertz CT molecular complexity index is 408. The van der Waals surface area contributed by atoms with Gasteiger partial charge in [0, 0.05) is 61.3 Å². The Hall–Kier alpha value is 0.250. The minimum absolute atomic E-state index is 0. The molecule has 1 heterocycles. The molecule has 1 rings (SSSR count). The monoisotopic (exact) mass is 237 g/mol. The van der Waals surface area contributed by atoms with Crippen LogP contribution in [-0.2, 0) is 0 Å². The molecule has 0 aliphatic rings. The number of H-pyrrole nitrogens is 1. The van der Waals surface area contributed by atoms with Gasteiger partial charge in [0.2, 0.25) is 0 Å². The summed E-state index contributed by atoms with van der Waals surface area (Å²) in [6.45, 7) is 0. The number of rotatable bonds is 0. The molecule has 0 aliphatic carbocycles. The van der Waals surface area contributed by atoms with Crippen LogP contribution in [0.3, 0.4) is 0 Å². The first-order valence-corrected chi connectivity index (χ1v) is 3.02. The molecule has 0 bridgehead atoms. The summed E-state index contributed by atoms with van der Waals surface area (Å²) in [5, 5.41) is 0. The van der Waals surface area contributed by atoms with E-state index >= 15 is 0 Å². The Balaban J connectivity index is 0.00000121. The fourth-order valence-corrected chi connectivity index (χ4v) is 0.715. The second kappa shape index (κ2) is 4.48. The maximum absolute atomic E-state index is 10.7. The number of halogens is 2. The predicted octanol–water partition coefficient (Wildman–Crippen LogP) is -1.68. The summed E-state index contributed by atoms with van der Waals surface area (Å²) in [5.41, 5.74) is -3.13. The average molecular weight is 238 g/mol. The van der Waals surface area contributed by atoms with E-state index in [4.69, 9.17) is 23.6 Å². The van der Waals surface area contributed by atoms with Crippen molar-refractivity contribution in [3.05, 3.63) is 31.5 Å². The van der Waals surface area contributed by atoms with Crippen LogP contribution in [0.25, 0.3) is 0 Å². The van der Waals surface area contributed by atoms with Gasteiger partial charge in [0.05, 0.1) is 0 Å². The number of nitrogens with zero attached hydrogens (tertiary/aromatic N) is 2. The van der Waals surface area contributed by atoms with Crippen LogP contribution >= 0.6 is 23.6 Å². The largest absolute Gasteiger partial charge is 0.366 e. The summed E-state index contributed by atoms with van der Waals surface area (Å²) in [7, 11) is 0. The minimum atomic E-state index is -1.10. The second-order valence-electron chi connectivity index (χ2n) is 1.58. The maximum Gasteiger partial charge on any atom is 0.366 e. The van der Waals surface area contributed by atoms with Crippen molar-refractivity contribution in [2.75, 3.05) is 0 Å². The van der Waals surface area contributed by atoms with Crippen molar-refractivity contribution in [1.82, 2.24) is 13.2 Å². The molecular weight excluding hydrogens is 237 g/mol. The van der Waals surface area contributed by atoms with Gasteiger partial charge in [-0.1, -0.05) is 0 Å². The Morgan fingerprint density at radius 1 is 1.00 bits per heavy atom. The smallest absolute Gasteiger partial charge is 0.257 e. The van der Waals surface area contributed by atoms with Crippen molar-refractivity contribution in [1.29, 1.82) is 0 Å². The van der Waals surface area contributed by atoms with Gasteiger partial charge in [-0.05, 0) is 0 Å². The molecule has 9 heteroatoms. The summed E-state index contributed by atoms with van der Waals surface area (Å²) in [6.07, 6.45) is 0. The fraction of sp³-hybridized carbons (Fsp3) is 0. The summed E-state index contributed by atoms with van der Waals surface area (Å²) >= 11 is 10.1. The molecule has 0 unspecified atom stereocenters. The van der Waals surface area contributed by atoms with E-state index in [0.29, 0.717) is 0 Å². The Morgan fingerprint density at radius 3 is 1.67 bits per heavy atom. The molecule has 0 atom stereocenters. The molecule has 1 aromatic rings. The van der Waals surface area contributed by atoms with Crippen molar-refractivity contribution in [3.63, 3.8) is 0 Å². The van der Waals surface area contributed by atoms with Gasteiger partial charge in [0.25, 0.3) is 0 Å². The van der Waals surface area contributed by atoms with E-state index in [1.54, 1.807) is 4.98 Å². The second-order valence-corrected chi connectivity index (χ2v) is 2.26. The quantitative estimate of drug-likeness (QED) is 0.548. The van der Waals surface area contributed by atoms with Crippen molar-refractivity contribution in [2.45, 2.75) is 0 Å². The average Bonchev–Trinajstić information content (AvgIpc) is 1.97. The van der Waals surface area contributed by atoms with Gasteiger partial charge >= 0.3 is 17.1 Å². The molecule has 1 aromatic heterocycles. The standard InChI is InChI=1S/C3HCl2N3O3.Ca/c4-7-1(9)6-2(10)8(5)3(7)11;/h(H,6,9,10);. The van der Waals surface area contributed by atoms with Crippen LogP contribution in [0.1, 0.15) is 0 Å². The van der Waals surface area contributed by atoms with Gasteiger partial charge in [0.15, 0.2) is 0 Å². The first-order chi connectivity index (χ1) is 5.04. The molecule has 0 spiro atoms. The number of hydrogen-bond acceptors (Lipinski definition) is 3. The molecular formula is C3HCaCl2N3O3. The van der Waals surface area contributed by atoms with Crippen molar-refractivity contribution in [2.24, 2.45) is 0 Å². The third-order valence-electron chi connectivity index (χ3n) is 0.906. The first kappa shape index (κ1) is 12.2. The Labute approximate surface area is 105 Å². The molecule has 0 saturated heterocycles. The van der Waals surface area contributed by atoms with Crippen molar-refractivity contribution in [3.8, 4) is 0 Å². The number of nitrogens with one attached hydrogen (secondary N) is 1. The van der Waals surface area contributed by atoms with Gasteiger partial charge in [-0.2, -0.15) is 0 Å². The molecule has 12 heavy (non-hydrogen) atoms. The molecule has 0 aliphatic heterocycles. The Kier molecular flexibility index (Phi) is 4.57. The summed E-state index contributed by atoms with van der Waals surface area (Å²) < 4.78 is 0.322. The van der Waals surface area contributed by atoms with Crippen molar-refractivity contribution >= 4 is 61.3 Å². The zero-order valence-corrected chi connectivity index (χ0v) is 9.30. The fourth-order valence-electron chi connectivity index (χ4n) is 0.440. The molecule has 0 saturated carbocycles. The van der Waals surface area contributed by atoms with Gasteiger partial charge in [0.1, 0.15) is 0 Å². The van der Waals surface area contributed by atoms with Crippen molar-refractivity contribution < 1.29 is 0 Å². The summed E-state index contributed by atoms with van der Waals surface area (Å²) in [5.74, 6) is 0. The van der Waals surface area contributed by atoms with Crippen LogP contribution in [0.15, 0.2) is 14.4 Å². The summed E-state index contributed by atoms with van der Waals surface area (Å²) in [6, 6.07) is 0. The van der Waals surface area contributed by atoms with Gasteiger partial charge < -0.3 is 0 Å². The van der Waals surface area contributed by atoms with E-state index in [-0.39, 0.29) is 45.9 Å². The van der Waals surface area contributed by atoms with Gasteiger partial charge in [-0.15, -0.1) is 8.17 Å². The number of aromatic nitrogens is 3. The zero-order chi connectivity index (χ0) is 8.59. The molecule has 0 fully saturated rings. The SMILES string of the molecule is O=c1[nH]c(=O)n(Cl)c(=O)n1Cl.[Ca]. The molecule has 1 N–H and O–H groups in total. The van der Waals surface area contributed by atoms with E-state index in [1.165, 1.54) is 0 Å². The van der Waals surface area contributed by atoms with Crippen LogP contribution in [-0.4, -0.2) is 50.9 Å². The number of aromatic amines is 1. The third-order valence-corrected chi connectivity index (χ3v) is 1.50. The minimum Gasteiger partial charge on any atom is -0.257 e. The number of hydrogen-bond donors (Lipinski definition) is 1. The van der Waals surface area contributed by atoms with E-state index < -0.39 is 17.1 Å². The van der Waals surface area contributed by atoms with E-state index in [9.17, 15) is 14.4 Å². The van der Waals surface area contributed by atoms with Crippen LogP contribution < -0.4 is 17.1 Å². The maximum atomic E-state index is 10.7. The van der Waals surface area contributed by atoms with E-state index in [1.807, 2.05) is 0 Å². The molecule has 6 nitrogen and oxygen atoms in total. The van der Waals surface area contributed by atoms with Crippen LogP contribution in [0, 0.1) is 0 Å². The summed E-state index contributed by atoms with van der Waals surface area (Å²) in [4.78, 5) is 33.4. The van der Waals surface area contributed by atoms with Crippen LogP contribution in [0.2, 0.25) is 0 Å². The van der Waals surface area contributed by atoms with E-state index in [0.717, 1.165) is 0 Å².